The molecule has 2 aromatic carbocycles. The molecule has 2 saturated heterocycles. The third-order valence-corrected chi connectivity index (χ3v) is 14.1. The van der Waals surface area contributed by atoms with Gasteiger partial charge in [0, 0.05) is 49.5 Å². The summed E-state index contributed by atoms with van der Waals surface area (Å²) < 4.78 is 0. The molecule has 2 heterocycles. The van der Waals surface area contributed by atoms with Crippen LogP contribution in [-0.4, -0.2) is 155 Å². The van der Waals surface area contributed by atoms with Crippen LogP contribution >= 0.6 is 21.6 Å². The number of hydrogen-bond donors (Lipinski definition) is 14. The van der Waals surface area contributed by atoms with E-state index in [-0.39, 0.29) is 62.7 Å². The summed E-state index contributed by atoms with van der Waals surface area (Å²) in [6.07, 6.45) is -1.27. The Bertz CT molecular complexity index is 2420. The number of aliphatic imine (C=N–C) groups is 1. The first-order valence-corrected chi connectivity index (χ1v) is 26.3. The highest BCUT2D eigenvalue weighted by atomic mass is 33.1. The molecule has 2 aliphatic rings. The highest BCUT2D eigenvalue weighted by Gasteiger charge is 2.40. The molecular formula is C46H66N16O11S2. The van der Waals surface area contributed by atoms with E-state index in [1.807, 2.05) is 0 Å². The molecular weight excluding hydrogens is 1020 g/mol. The zero-order valence-corrected chi connectivity index (χ0v) is 42.6. The van der Waals surface area contributed by atoms with E-state index in [1.165, 1.54) is 4.90 Å². The minimum atomic E-state index is -1.79. The Hall–Kier alpha value is -7.66. The number of carbonyl (C=O) groups excluding carboxylic acids is 11. The number of carbonyl (C=O) groups is 11. The third kappa shape index (κ3) is 20.3. The summed E-state index contributed by atoms with van der Waals surface area (Å²) in [5.41, 5.74) is 40.9. The summed E-state index contributed by atoms with van der Waals surface area (Å²) in [5.74, 6) is -10.3. The molecule has 2 aromatic rings. The van der Waals surface area contributed by atoms with Gasteiger partial charge in [0.25, 0.3) is 0 Å². The van der Waals surface area contributed by atoms with E-state index < -0.39 is 139 Å². The number of amides is 11. The lowest BCUT2D eigenvalue weighted by molar-refractivity contribution is -0.142. The highest BCUT2D eigenvalue weighted by molar-refractivity contribution is 8.76. The van der Waals surface area contributed by atoms with Crippen molar-refractivity contribution in [1.82, 2.24) is 42.1 Å². The zero-order chi connectivity index (χ0) is 55.2. The van der Waals surface area contributed by atoms with Gasteiger partial charge in [-0.25, -0.2) is 0 Å². The Labute approximate surface area is 439 Å². The van der Waals surface area contributed by atoms with Crippen LogP contribution in [0.4, 0.5) is 5.69 Å². The van der Waals surface area contributed by atoms with Gasteiger partial charge in [0.05, 0.1) is 19.0 Å². The molecule has 8 atom stereocenters. The van der Waals surface area contributed by atoms with Crippen molar-refractivity contribution in [3.63, 3.8) is 0 Å². The van der Waals surface area contributed by atoms with Crippen LogP contribution in [0.15, 0.2) is 59.6 Å². The maximum Gasteiger partial charge on any atom is 0.246 e. The Kier molecular flexibility index (Phi) is 23.9. The fraction of sp³-hybridized carbons (Fsp3) is 0.478. The third-order valence-electron chi connectivity index (χ3n) is 11.7. The number of likely N-dealkylation sites (tertiary alicyclic amines) is 1. The molecule has 0 spiro atoms. The first-order chi connectivity index (χ1) is 35.6. The summed E-state index contributed by atoms with van der Waals surface area (Å²) in [5, 5.41) is 17.8. The van der Waals surface area contributed by atoms with Crippen LogP contribution in [0, 0.1) is 0 Å². The number of guanidine groups is 1. The molecule has 29 heteroatoms. The number of nitrogen functional groups attached to an aromatic ring is 1. The molecule has 0 bridgehead atoms. The van der Waals surface area contributed by atoms with Gasteiger partial charge in [-0.1, -0.05) is 64.1 Å². The van der Waals surface area contributed by atoms with Crippen LogP contribution < -0.4 is 77.4 Å². The molecule has 6 unspecified atom stereocenters. The van der Waals surface area contributed by atoms with Gasteiger partial charge in [-0.2, -0.15) is 0 Å². The van der Waals surface area contributed by atoms with Crippen LogP contribution in [0.2, 0.25) is 0 Å². The lowest BCUT2D eigenvalue weighted by atomic mass is 10.0. The molecule has 0 radical (unpaired) electrons. The molecule has 408 valence electrons. The van der Waals surface area contributed by atoms with Crippen molar-refractivity contribution < 1.29 is 52.7 Å². The molecule has 2 aliphatic heterocycles. The summed E-state index contributed by atoms with van der Waals surface area (Å²) in [4.78, 5) is 153. The van der Waals surface area contributed by atoms with Crippen LogP contribution in [-0.2, 0) is 65.6 Å². The van der Waals surface area contributed by atoms with Crippen LogP contribution in [0.1, 0.15) is 56.1 Å². The summed E-state index contributed by atoms with van der Waals surface area (Å²) in [6, 6.07) is 3.67. The number of anilines is 1. The number of rotatable bonds is 19. The van der Waals surface area contributed by atoms with Gasteiger partial charge in [-0.15, -0.1) is 0 Å². The Balaban J connectivity index is 1.71. The van der Waals surface area contributed by atoms with E-state index in [0.717, 1.165) is 21.6 Å². The zero-order valence-electron chi connectivity index (χ0n) is 41.0. The summed E-state index contributed by atoms with van der Waals surface area (Å²) in [6.45, 7) is -0.430. The van der Waals surface area contributed by atoms with E-state index in [0.29, 0.717) is 23.2 Å². The molecule has 4 rings (SSSR count). The predicted molar refractivity (Wildman–Crippen MR) is 278 cm³/mol. The van der Waals surface area contributed by atoms with Gasteiger partial charge in [0.15, 0.2) is 5.96 Å². The maximum absolute atomic E-state index is 14.6. The minimum absolute atomic E-state index is 0.00519. The van der Waals surface area contributed by atoms with Crippen molar-refractivity contribution in [3.05, 3.63) is 65.7 Å². The molecule has 11 amide bonds. The van der Waals surface area contributed by atoms with Gasteiger partial charge >= 0.3 is 0 Å². The number of benzene rings is 2. The minimum Gasteiger partial charge on any atom is -0.399 e. The van der Waals surface area contributed by atoms with Gasteiger partial charge < -0.3 is 82.3 Å². The van der Waals surface area contributed by atoms with Crippen LogP contribution in [0.25, 0.3) is 0 Å². The smallest absolute Gasteiger partial charge is 0.246 e. The van der Waals surface area contributed by atoms with Crippen molar-refractivity contribution in [2.75, 3.05) is 36.9 Å². The van der Waals surface area contributed by atoms with Gasteiger partial charge in [-0.05, 0) is 55.4 Å². The lowest BCUT2D eigenvalue weighted by Crippen LogP contribution is -2.61. The maximum atomic E-state index is 14.6. The predicted octanol–water partition coefficient (Wildman–Crippen LogP) is -5.53. The number of hydrogen-bond acceptors (Lipinski definition) is 16. The number of primary amides is 3. The average molecular weight is 1080 g/mol. The van der Waals surface area contributed by atoms with Crippen molar-refractivity contribution in [2.45, 2.75) is 106 Å². The normalized spacial score (nSPS) is 22.6. The van der Waals surface area contributed by atoms with Crippen LogP contribution in [0.3, 0.4) is 0 Å². The van der Waals surface area contributed by atoms with E-state index in [2.05, 4.69) is 42.2 Å². The fourth-order valence-corrected chi connectivity index (χ4v) is 10.1. The second-order valence-corrected chi connectivity index (χ2v) is 20.2. The molecule has 75 heavy (non-hydrogen) atoms. The molecule has 0 aliphatic carbocycles. The number of nitrogens with two attached hydrogens (primary N) is 7. The highest BCUT2D eigenvalue weighted by Crippen LogP contribution is 2.26. The summed E-state index contributed by atoms with van der Waals surface area (Å²) >= 11 is 0. The monoisotopic (exact) mass is 1080 g/mol. The topological polar surface area (TPSA) is 470 Å². The van der Waals surface area contributed by atoms with E-state index in [1.54, 1.807) is 54.6 Å². The lowest BCUT2D eigenvalue weighted by Gasteiger charge is -2.31. The van der Waals surface area contributed by atoms with E-state index in [9.17, 15) is 52.7 Å². The van der Waals surface area contributed by atoms with E-state index >= 15 is 0 Å². The quantitative estimate of drug-likeness (QED) is 0.0205. The number of nitrogens with zero attached hydrogens (tertiary/aromatic N) is 2. The second-order valence-electron chi connectivity index (χ2n) is 17.7. The van der Waals surface area contributed by atoms with Gasteiger partial charge in [0.1, 0.15) is 42.3 Å². The van der Waals surface area contributed by atoms with Crippen molar-refractivity contribution >= 4 is 98.2 Å². The van der Waals surface area contributed by atoms with E-state index in [4.69, 9.17) is 40.1 Å². The molecule has 27 nitrogen and oxygen atoms in total. The Morgan fingerprint density at radius 2 is 1.27 bits per heavy atom. The number of nitrogens with one attached hydrogen (secondary N) is 7. The summed E-state index contributed by atoms with van der Waals surface area (Å²) in [7, 11) is 2.02. The van der Waals surface area contributed by atoms with Crippen molar-refractivity contribution in [3.8, 4) is 0 Å². The van der Waals surface area contributed by atoms with Gasteiger partial charge in [0.2, 0.25) is 65.0 Å². The van der Waals surface area contributed by atoms with Crippen LogP contribution in [0.5, 0.6) is 0 Å². The standard InChI is InChI=1S/C46H66N16O11S2/c47-26-12-10-25(11-13-26)19-30-42(70)59-31(18-24-6-2-1-3-7-24)41(69)56-29(14-15-35(49)63)40(68)60-32(20-36(50)64)43(71)61-33(23-75-74-22-27(48)38(66)58-30)45(73)62-17-5-9-34(62)44(72)57-28(8-4-16-54-46(52)53)39(67)55-21-37(51)65/h1-3,6-7,10-13,27-34H,4-5,8-9,14-23,47-48H2,(H2,49,63)(H2,50,64)(H2,51,65)(H,55,67)(H,56,69)(H,57,72)(H,58,66)(H,59,70)(H,60,68)(H,61,71)(H4,52,53,54)/t27-,28?,29?,30?,31?,32?,33-,34?/m0/s1. The molecule has 2 fully saturated rings. The van der Waals surface area contributed by atoms with Crippen molar-refractivity contribution in [1.29, 1.82) is 0 Å². The second kappa shape index (κ2) is 29.9. The first-order valence-electron chi connectivity index (χ1n) is 23.8. The largest absolute Gasteiger partial charge is 0.399 e. The Morgan fingerprint density at radius 1 is 0.693 bits per heavy atom. The molecule has 21 N–H and O–H groups in total. The fourth-order valence-electron chi connectivity index (χ4n) is 7.82. The Morgan fingerprint density at radius 3 is 1.88 bits per heavy atom. The first kappa shape index (κ1) is 59.9. The average Bonchev–Trinajstić information content (AvgIpc) is 3.86. The molecule has 0 aromatic heterocycles. The van der Waals surface area contributed by atoms with Gasteiger partial charge in [-0.3, -0.25) is 57.7 Å². The SMILES string of the molecule is NC(=O)CCC1NC(=O)C(Cc2ccccc2)NC(=O)C(Cc2ccc(N)cc2)NC(=O)[C@@H](N)CSSC[C@@H](C(=O)N2CCCC2C(=O)NC(CCCN=C(N)N)C(=O)NCC(N)=O)NC(=O)C(CC(N)=O)NC1=O. The van der Waals surface area contributed by atoms with Crippen molar-refractivity contribution in [2.24, 2.45) is 39.4 Å². The molecule has 0 saturated carbocycles.